The molecule has 2 aromatic heterocycles. The molecule has 0 radical (unpaired) electrons. The molecule has 3 aromatic rings. The number of carbonyl (C=O) groups excluding carboxylic acids is 1. The predicted molar refractivity (Wildman–Crippen MR) is 118 cm³/mol. The first-order valence-corrected chi connectivity index (χ1v) is 11.5. The van der Waals surface area contributed by atoms with Crippen molar-refractivity contribution < 1.29 is 18.0 Å². The molecule has 168 valence electrons. The van der Waals surface area contributed by atoms with E-state index in [0.29, 0.717) is 32.1 Å². The first-order chi connectivity index (χ1) is 15.2. The van der Waals surface area contributed by atoms with Crippen LogP contribution in [0.1, 0.15) is 50.9 Å². The van der Waals surface area contributed by atoms with Crippen molar-refractivity contribution in [3.8, 4) is 0 Å². The number of benzene rings is 1. The Labute approximate surface area is 187 Å². The largest absolute Gasteiger partial charge is 0.416 e. The molecule has 0 bridgehead atoms. The Morgan fingerprint density at radius 3 is 2.47 bits per heavy atom. The molecule has 2 aliphatic rings. The Morgan fingerprint density at radius 1 is 1.09 bits per heavy atom. The molecule has 32 heavy (non-hydrogen) atoms. The quantitative estimate of drug-likeness (QED) is 0.541. The maximum absolute atomic E-state index is 13.0. The van der Waals surface area contributed by atoms with Crippen LogP contribution in [-0.4, -0.2) is 47.0 Å². The standard InChI is InChI=1S/C23H23F3N4OS/c1-13-14(2)32-21-18(13)20(27-19(28-21)15-6-7-15)29-8-10-30(11-9-29)22(31)16-4-3-5-17(12-16)23(24,25)26/h3-5,12,15H,6-11H2,1-2H3. The van der Waals surface area contributed by atoms with Crippen LogP contribution in [0.15, 0.2) is 24.3 Å². The number of aryl methyl sites for hydroxylation is 2. The smallest absolute Gasteiger partial charge is 0.352 e. The first-order valence-electron chi connectivity index (χ1n) is 10.7. The van der Waals surface area contributed by atoms with Gasteiger partial charge in [0, 0.05) is 42.5 Å². The van der Waals surface area contributed by atoms with Gasteiger partial charge in [-0.3, -0.25) is 4.79 Å². The number of carbonyl (C=O) groups is 1. The molecule has 0 spiro atoms. The fourth-order valence-corrected chi connectivity index (χ4v) is 5.16. The van der Waals surface area contributed by atoms with Crippen LogP contribution in [0.3, 0.4) is 0 Å². The topological polar surface area (TPSA) is 49.3 Å². The number of hydrogen-bond acceptors (Lipinski definition) is 5. The minimum atomic E-state index is -4.47. The van der Waals surface area contributed by atoms with Crippen LogP contribution < -0.4 is 4.90 Å². The van der Waals surface area contributed by atoms with Gasteiger partial charge in [-0.25, -0.2) is 9.97 Å². The fourth-order valence-electron chi connectivity index (χ4n) is 4.13. The van der Waals surface area contributed by atoms with Gasteiger partial charge in [0.2, 0.25) is 0 Å². The summed E-state index contributed by atoms with van der Waals surface area (Å²) in [5.41, 5.74) is 0.448. The van der Waals surface area contributed by atoms with E-state index in [0.717, 1.165) is 46.8 Å². The second-order valence-corrected chi connectivity index (χ2v) is 9.70. The lowest BCUT2D eigenvalue weighted by Crippen LogP contribution is -2.49. The summed E-state index contributed by atoms with van der Waals surface area (Å²) in [5, 5.41) is 1.08. The number of anilines is 1. The SMILES string of the molecule is Cc1sc2nc(C3CC3)nc(N3CCN(C(=O)c4cccc(C(F)(F)F)c4)CC3)c2c1C. The third-order valence-electron chi connectivity index (χ3n) is 6.27. The van der Waals surface area contributed by atoms with E-state index in [4.69, 9.17) is 9.97 Å². The van der Waals surface area contributed by atoms with Crippen LogP contribution in [0.25, 0.3) is 10.2 Å². The lowest BCUT2D eigenvalue weighted by atomic mass is 10.1. The molecule has 0 atom stereocenters. The molecule has 9 heteroatoms. The number of piperazine rings is 1. The fraction of sp³-hybridized carbons (Fsp3) is 0.435. The zero-order valence-electron chi connectivity index (χ0n) is 17.9. The lowest BCUT2D eigenvalue weighted by Gasteiger charge is -2.36. The molecular formula is C23H23F3N4OS. The average molecular weight is 461 g/mol. The van der Waals surface area contributed by atoms with E-state index < -0.39 is 11.7 Å². The molecule has 2 fully saturated rings. The van der Waals surface area contributed by atoms with Crippen molar-refractivity contribution in [2.75, 3.05) is 31.1 Å². The van der Waals surface area contributed by atoms with Crippen molar-refractivity contribution in [1.82, 2.24) is 14.9 Å². The van der Waals surface area contributed by atoms with Gasteiger partial charge in [-0.05, 0) is 50.5 Å². The molecule has 1 amide bonds. The molecule has 1 aromatic carbocycles. The Morgan fingerprint density at radius 2 is 1.81 bits per heavy atom. The van der Waals surface area contributed by atoms with Gasteiger partial charge < -0.3 is 9.80 Å². The van der Waals surface area contributed by atoms with Crippen molar-refractivity contribution >= 4 is 33.3 Å². The van der Waals surface area contributed by atoms with Crippen LogP contribution in [-0.2, 0) is 6.18 Å². The minimum Gasteiger partial charge on any atom is -0.352 e. The highest BCUT2D eigenvalue weighted by atomic mass is 32.1. The summed E-state index contributed by atoms with van der Waals surface area (Å²) in [6.07, 6.45) is -2.23. The number of rotatable bonds is 3. The Kier molecular flexibility index (Phi) is 5.11. The average Bonchev–Trinajstić information content (AvgIpc) is 3.59. The Balaban J connectivity index is 1.37. The summed E-state index contributed by atoms with van der Waals surface area (Å²) in [6.45, 7) is 6.20. The van der Waals surface area contributed by atoms with Crippen LogP contribution in [0.2, 0.25) is 0 Å². The van der Waals surface area contributed by atoms with Gasteiger partial charge in [-0.2, -0.15) is 13.2 Å². The van der Waals surface area contributed by atoms with Crippen molar-refractivity contribution in [1.29, 1.82) is 0 Å². The lowest BCUT2D eigenvalue weighted by molar-refractivity contribution is -0.137. The van der Waals surface area contributed by atoms with Crippen LogP contribution in [0.4, 0.5) is 19.0 Å². The summed E-state index contributed by atoms with van der Waals surface area (Å²) in [4.78, 5) is 28.6. The second-order valence-electron chi connectivity index (χ2n) is 8.50. The van der Waals surface area contributed by atoms with Crippen molar-refractivity contribution in [3.05, 3.63) is 51.7 Å². The van der Waals surface area contributed by atoms with Crippen molar-refractivity contribution in [2.24, 2.45) is 0 Å². The van der Waals surface area contributed by atoms with Crippen LogP contribution in [0.5, 0.6) is 0 Å². The highest BCUT2D eigenvalue weighted by Gasteiger charge is 2.33. The maximum Gasteiger partial charge on any atom is 0.416 e. The molecule has 0 N–H and O–H groups in total. The monoisotopic (exact) mass is 460 g/mol. The number of thiophene rings is 1. The van der Waals surface area contributed by atoms with Crippen molar-refractivity contribution in [3.63, 3.8) is 0 Å². The molecule has 1 saturated carbocycles. The number of alkyl halides is 3. The third kappa shape index (κ3) is 3.83. The number of hydrogen-bond donors (Lipinski definition) is 0. The van der Waals surface area contributed by atoms with E-state index in [1.165, 1.54) is 22.6 Å². The molecule has 1 aliphatic carbocycles. The van der Waals surface area contributed by atoms with Gasteiger partial charge in [-0.1, -0.05) is 6.07 Å². The van der Waals surface area contributed by atoms with Gasteiger partial charge in [0.15, 0.2) is 0 Å². The number of fused-ring (bicyclic) bond motifs is 1. The van der Waals surface area contributed by atoms with E-state index in [1.54, 1.807) is 16.2 Å². The Bertz CT molecular complexity index is 1190. The van der Waals surface area contributed by atoms with Gasteiger partial charge in [0.1, 0.15) is 16.5 Å². The highest BCUT2D eigenvalue weighted by molar-refractivity contribution is 7.18. The molecule has 3 heterocycles. The predicted octanol–water partition coefficient (Wildman–Crippen LogP) is 5.17. The third-order valence-corrected chi connectivity index (χ3v) is 7.37. The number of aromatic nitrogens is 2. The molecular weight excluding hydrogens is 437 g/mol. The second kappa shape index (κ2) is 7.72. The minimum absolute atomic E-state index is 0.0676. The van der Waals surface area contributed by atoms with Crippen LogP contribution in [0, 0.1) is 13.8 Å². The first kappa shape index (κ1) is 21.2. The maximum atomic E-state index is 13.0. The summed E-state index contributed by atoms with van der Waals surface area (Å²) in [5.74, 6) is 1.88. The molecule has 0 unspecified atom stereocenters. The summed E-state index contributed by atoms with van der Waals surface area (Å²) >= 11 is 1.69. The van der Waals surface area contributed by atoms with Gasteiger partial charge >= 0.3 is 6.18 Å². The summed E-state index contributed by atoms with van der Waals surface area (Å²) < 4.78 is 39.1. The van der Waals surface area contributed by atoms with Gasteiger partial charge in [0.05, 0.1) is 10.9 Å². The number of halogens is 3. The number of nitrogens with zero attached hydrogens (tertiary/aromatic N) is 4. The zero-order valence-corrected chi connectivity index (χ0v) is 18.7. The molecule has 5 rings (SSSR count). The van der Waals surface area contributed by atoms with E-state index in [9.17, 15) is 18.0 Å². The summed E-state index contributed by atoms with van der Waals surface area (Å²) in [6, 6.07) is 4.64. The van der Waals surface area contributed by atoms with Crippen molar-refractivity contribution in [2.45, 2.75) is 38.8 Å². The Hall–Kier alpha value is -2.68. The van der Waals surface area contributed by atoms with E-state index in [2.05, 4.69) is 18.7 Å². The molecule has 1 saturated heterocycles. The normalized spacial score (nSPS) is 17.3. The highest BCUT2D eigenvalue weighted by Crippen LogP contribution is 2.42. The molecule has 1 aliphatic heterocycles. The van der Waals surface area contributed by atoms with Gasteiger partial charge in [0.25, 0.3) is 5.91 Å². The van der Waals surface area contributed by atoms with E-state index in [1.807, 2.05) is 0 Å². The van der Waals surface area contributed by atoms with Gasteiger partial charge in [-0.15, -0.1) is 11.3 Å². The number of amides is 1. The molecule has 5 nitrogen and oxygen atoms in total. The van der Waals surface area contributed by atoms with Crippen LogP contribution >= 0.6 is 11.3 Å². The van der Waals surface area contributed by atoms with E-state index in [-0.39, 0.29) is 11.5 Å². The summed E-state index contributed by atoms with van der Waals surface area (Å²) in [7, 11) is 0. The zero-order chi connectivity index (χ0) is 22.6. The van der Waals surface area contributed by atoms with E-state index >= 15 is 0 Å².